The summed E-state index contributed by atoms with van der Waals surface area (Å²) < 4.78 is 13.9. The van der Waals surface area contributed by atoms with Gasteiger partial charge >= 0.3 is 0 Å². The van der Waals surface area contributed by atoms with Gasteiger partial charge in [-0.3, -0.25) is 0 Å². The maximum absolute atomic E-state index is 13.1. The Hall–Kier alpha value is -1.69. The summed E-state index contributed by atoms with van der Waals surface area (Å²) in [6.07, 6.45) is 2.43. The van der Waals surface area contributed by atoms with Crippen molar-refractivity contribution in [3.05, 3.63) is 46.3 Å². The summed E-state index contributed by atoms with van der Waals surface area (Å²) in [5.74, 6) is 1.11. The third-order valence-electron chi connectivity index (χ3n) is 2.67. The molecule has 0 amide bonds. The van der Waals surface area contributed by atoms with Crippen molar-refractivity contribution in [2.24, 2.45) is 0 Å². The van der Waals surface area contributed by atoms with Crippen LogP contribution in [0, 0.1) is 5.82 Å². The molecule has 0 aliphatic heterocycles. The summed E-state index contributed by atoms with van der Waals surface area (Å²) in [6, 6.07) is 6.61. The fourth-order valence-corrected chi connectivity index (χ4v) is 2.08. The summed E-state index contributed by atoms with van der Waals surface area (Å²) in [5, 5.41) is 6.28. The van der Waals surface area contributed by atoms with Crippen molar-refractivity contribution >= 4 is 27.7 Å². The molecule has 2 N–H and O–H groups in total. The first kappa shape index (κ1) is 14.7. The molecule has 1 aromatic carbocycles. The van der Waals surface area contributed by atoms with Gasteiger partial charge in [-0.25, -0.2) is 9.37 Å². The lowest BCUT2D eigenvalue weighted by molar-refractivity contribution is 0.625. The summed E-state index contributed by atoms with van der Waals surface area (Å²) >= 11 is 3.40. The Morgan fingerprint density at radius 1 is 1.30 bits per heavy atom. The molecule has 0 saturated carbocycles. The number of anilines is 2. The molecule has 2 rings (SSSR count). The molecule has 1 heterocycles. The third kappa shape index (κ3) is 4.16. The lowest BCUT2D eigenvalue weighted by Crippen LogP contribution is -2.09. The van der Waals surface area contributed by atoms with E-state index in [1.807, 2.05) is 13.0 Å². The smallest absolute Gasteiger partial charge is 0.224 e. The molecule has 0 atom stereocenters. The molecular formula is C14H16BrFN4. The molecule has 0 spiro atoms. The molecule has 2 aromatic rings. The number of hydrogen-bond donors (Lipinski definition) is 2. The summed E-state index contributed by atoms with van der Waals surface area (Å²) in [4.78, 5) is 8.50. The predicted molar refractivity (Wildman–Crippen MR) is 82.5 cm³/mol. The zero-order valence-electron chi connectivity index (χ0n) is 11.2. The van der Waals surface area contributed by atoms with Crippen molar-refractivity contribution in [1.29, 1.82) is 0 Å². The van der Waals surface area contributed by atoms with Crippen LogP contribution in [-0.4, -0.2) is 23.1 Å². The molecule has 0 bridgehead atoms. The summed E-state index contributed by atoms with van der Waals surface area (Å²) in [5.41, 5.74) is 0.953. The standard InChI is InChI=1S/C14H16BrFN4/c1-2-17-14-19-9-12(15)13(20-14)18-7-6-10-4-3-5-11(16)8-10/h3-5,8-9H,2,6-7H2,1H3,(H2,17,18,19,20). The maximum Gasteiger partial charge on any atom is 0.224 e. The van der Waals surface area contributed by atoms with Gasteiger partial charge in [0.25, 0.3) is 0 Å². The minimum Gasteiger partial charge on any atom is -0.369 e. The Bertz CT molecular complexity index is 577. The molecule has 4 nitrogen and oxygen atoms in total. The van der Waals surface area contributed by atoms with E-state index in [9.17, 15) is 4.39 Å². The van der Waals surface area contributed by atoms with Gasteiger partial charge in [0.1, 0.15) is 11.6 Å². The van der Waals surface area contributed by atoms with Gasteiger partial charge in [-0.1, -0.05) is 12.1 Å². The highest BCUT2D eigenvalue weighted by Crippen LogP contribution is 2.20. The van der Waals surface area contributed by atoms with Gasteiger partial charge in [-0.15, -0.1) is 0 Å². The minimum atomic E-state index is -0.208. The van der Waals surface area contributed by atoms with E-state index in [0.29, 0.717) is 12.5 Å². The first-order valence-electron chi connectivity index (χ1n) is 6.43. The van der Waals surface area contributed by atoms with E-state index in [4.69, 9.17) is 0 Å². The molecule has 0 unspecified atom stereocenters. The molecular weight excluding hydrogens is 323 g/mol. The monoisotopic (exact) mass is 338 g/mol. The lowest BCUT2D eigenvalue weighted by Gasteiger charge is -2.09. The topological polar surface area (TPSA) is 49.8 Å². The van der Waals surface area contributed by atoms with Gasteiger partial charge in [0.2, 0.25) is 5.95 Å². The largest absolute Gasteiger partial charge is 0.369 e. The van der Waals surface area contributed by atoms with Gasteiger partial charge in [0.05, 0.1) is 4.47 Å². The molecule has 20 heavy (non-hydrogen) atoms. The average molecular weight is 339 g/mol. The van der Waals surface area contributed by atoms with Crippen LogP contribution in [-0.2, 0) is 6.42 Å². The fraction of sp³-hybridized carbons (Fsp3) is 0.286. The number of halogens is 2. The highest BCUT2D eigenvalue weighted by Gasteiger charge is 2.04. The van der Waals surface area contributed by atoms with Crippen LogP contribution >= 0.6 is 15.9 Å². The predicted octanol–water partition coefficient (Wildman–Crippen LogP) is 3.46. The first-order valence-corrected chi connectivity index (χ1v) is 7.23. The molecule has 106 valence electrons. The van der Waals surface area contributed by atoms with E-state index in [1.165, 1.54) is 6.07 Å². The van der Waals surface area contributed by atoms with E-state index in [0.717, 1.165) is 28.8 Å². The van der Waals surface area contributed by atoms with Crippen LogP contribution in [0.2, 0.25) is 0 Å². The number of nitrogens with zero attached hydrogens (tertiary/aromatic N) is 2. The second kappa shape index (κ2) is 7.19. The second-order valence-corrected chi connectivity index (χ2v) is 5.08. The SMILES string of the molecule is CCNc1ncc(Br)c(NCCc2cccc(F)c2)n1. The van der Waals surface area contributed by atoms with E-state index < -0.39 is 0 Å². The fourth-order valence-electron chi connectivity index (χ4n) is 1.75. The van der Waals surface area contributed by atoms with Gasteiger partial charge < -0.3 is 10.6 Å². The Morgan fingerprint density at radius 3 is 2.90 bits per heavy atom. The maximum atomic E-state index is 13.1. The quantitative estimate of drug-likeness (QED) is 0.846. The van der Waals surface area contributed by atoms with Crippen LogP contribution in [0.1, 0.15) is 12.5 Å². The molecule has 0 aliphatic carbocycles. The first-order chi connectivity index (χ1) is 9.69. The van der Waals surface area contributed by atoms with Crippen molar-refractivity contribution in [1.82, 2.24) is 9.97 Å². The molecule has 0 radical (unpaired) electrons. The number of aromatic nitrogens is 2. The Labute approximate surface area is 126 Å². The van der Waals surface area contributed by atoms with Gasteiger partial charge in [-0.05, 0) is 47.0 Å². The van der Waals surface area contributed by atoms with Crippen molar-refractivity contribution in [2.75, 3.05) is 23.7 Å². The molecule has 0 saturated heterocycles. The van der Waals surface area contributed by atoms with Crippen molar-refractivity contribution < 1.29 is 4.39 Å². The Morgan fingerprint density at radius 2 is 2.15 bits per heavy atom. The Kier molecular flexibility index (Phi) is 5.29. The molecule has 1 aromatic heterocycles. The minimum absolute atomic E-state index is 0.208. The van der Waals surface area contributed by atoms with Crippen molar-refractivity contribution in [2.45, 2.75) is 13.3 Å². The van der Waals surface area contributed by atoms with Crippen LogP contribution in [0.5, 0.6) is 0 Å². The number of nitrogens with one attached hydrogen (secondary N) is 2. The van der Waals surface area contributed by atoms with Gasteiger partial charge in [0, 0.05) is 19.3 Å². The number of rotatable bonds is 6. The highest BCUT2D eigenvalue weighted by molar-refractivity contribution is 9.10. The zero-order valence-corrected chi connectivity index (χ0v) is 12.7. The van der Waals surface area contributed by atoms with Crippen LogP contribution in [0.15, 0.2) is 34.9 Å². The van der Waals surface area contributed by atoms with Gasteiger partial charge in [-0.2, -0.15) is 4.98 Å². The highest BCUT2D eigenvalue weighted by atomic mass is 79.9. The number of hydrogen-bond acceptors (Lipinski definition) is 4. The van der Waals surface area contributed by atoms with E-state index >= 15 is 0 Å². The van der Waals surface area contributed by atoms with Gasteiger partial charge in [0.15, 0.2) is 0 Å². The van der Waals surface area contributed by atoms with Crippen LogP contribution in [0.25, 0.3) is 0 Å². The van der Waals surface area contributed by atoms with E-state index in [1.54, 1.807) is 18.3 Å². The van der Waals surface area contributed by atoms with Crippen LogP contribution in [0.3, 0.4) is 0 Å². The van der Waals surface area contributed by atoms with Crippen molar-refractivity contribution in [3.8, 4) is 0 Å². The zero-order chi connectivity index (χ0) is 14.4. The normalized spacial score (nSPS) is 10.3. The lowest BCUT2D eigenvalue weighted by atomic mass is 10.1. The average Bonchev–Trinajstić information content (AvgIpc) is 2.43. The molecule has 0 fully saturated rings. The van der Waals surface area contributed by atoms with Crippen molar-refractivity contribution in [3.63, 3.8) is 0 Å². The molecule has 6 heteroatoms. The number of benzene rings is 1. The van der Waals surface area contributed by atoms with E-state index in [-0.39, 0.29) is 5.82 Å². The summed E-state index contributed by atoms with van der Waals surface area (Å²) in [7, 11) is 0. The van der Waals surface area contributed by atoms with E-state index in [2.05, 4.69) is 36.5 Å². The molecule has 0 aliphatic rings. The van der Waals surface area contributed by atoms with Crippen LogP contribution < -0.4 is 10.6 Å². The second-order valence-electron chi connectivity index (χ2n) is 4.23. The Balaban J connectivity index is 1.95. The van der Waals surface area contributed by atoms with Crippen LogP contribution in [0.4, 0.5) is 16.2 Å². The summed E-state index contributed by atoms with van der Waals surface area (Å²) in [6.45, 7) is 3.43. The third-order valence-corrected chi connectivity index (χ3v) is 3.25.